The average Bonchev–Trinajstić information content (AvgIpc) is 3.20. The first kappa shape index (κ1) is 19.0. The van der Waals surface area contributed by atoms with E-state index >= 15 is 0 Å². The van der Waals surface area contributed by atoms with Crippen LogP contribution in [0.15, 0.2) is 24.3 Å². The summed E-state index contributed by atoms with van der Waals surface area (Å²) >= 11 is 0. The molecule has 1 aromatic carbocycles. The fourth-order valence-corrected chi connectivity index (χ4v) is 7.11. The number of likely N-dealkylation sites (tertiary alicyclic amines) is 1. The summed E-state index contributed by atoms with van der Waals surface area (Å²) in [4.78, 5) is 28.7. The summed E-state index contributed by atoms with van der Waals surface area (Å²) in [6.07, 6.45) is 8.86. The fraction of sp³-hybridized carbons (Fsp3) is 0.667. The van der Waals surface area contributed by atoms with Gasteiger partial charge in [0.15, 0.2) is 0 Å². The zero-order chi connectivity index (χ0) is 20.0. The number of hydrogen-bond donors (Lipinski definition) is 1. The van der Waals surface area contributed by atoms with Crippen molar-refractivity contribution in [1.82, 2.24) is 10.2 Å². The van der Waals surface area contributed by atoms with Crippen LogP contribution < -0.4 is 10.1 Å². The van der Waals surface area contributed by atoms with Crippen LogP contribution in [-0.2, 0) is 16.1 Å². The highest BCUT2D eigenvalue weighted by molar-refractivity contribution is 5.91. The Labute approximate surface area is 173 Å². The molecular weight excluding hydrogens is 364 g/mol. The van der Waals surface area contributed by atoms with Crippen LogP contribution in [0.5, 0.6) is 5.75 Å². The van der Waals surface area contributed by atoms with E-state index in [1.165, 1.54) is 19.3 Å². The summed E-state index contributed by atoms with van der Waals surface area (Å²) in [6.45, 7) is 1.16. The molecule has 5 nitrogen and oxygen atoms in total. The molecule has 1 aromatic rings. The molecule has 4 bridgehead atoms. The molecule has 6 rings (SSSR count). The van der Waals surface area contributed by atoms with Crippen LogP contribution in [0.25, 0.3) is 0 Å². The molecule has 1 heterocycles. The molecule has 5 aliphatic rings. The molecule has 5 heteroatoms. The van der Waals surface area contributed by atoms with Crippen LogP contribution in [0.3, 0.4) is 0 Å². The van der Waals surface area contributed by atoms with E-state index in [1.54, 1.807) is 7.11 Å². The first-order valence-corrected chi connectivity index (χ1v) is 11.3. The van der Waals surface area contributed by atoms with Gasteiger partial charge in [0.05, 0.1) is 12.5 Å². The Morgan fingerprint density at radius 3 is 2.41 bits per heavy atom. The van der Waals surface area contributed by atoms with Gasteiger partial charge in [-0.2, -0.15) is 0 Å². The number of benzene rings is 1. The van der Waals surface area contributed by atoms with E-state index in [-0.39, 0.29) is 23.3 Å². The van der Waals surface area contributed by atoms with Crippen LogP contribution in [-0.4, -0.2) is 36.4 Å². The van der Waals surface area contributed by atoms with Gasteiger partial charge in [-0.15, -0.1) is 0 Å². The third-order valence-corrected chi connectivity index (χ3v) is 7.95. The van der Waals surface area contributed by atoms with Gasteiger partial charge in [0.1, 0.15) is 11.8 Å². The Kier molecular flexibility index (Phi) is 4.79. The molecule has 4 aliphatic carbocycles. The van der Waals surface area contributed by atoms with E-state index < -0.39 is 0 Å². The minimum Gasteiger partial charge on any atom is -0.496 e. The second kappa shape index (κ2) is 7.33. The lowest BCUT2D eigenvalue weighted by Gasteiger charge is -2.56. The van der Waals surface area contributed by atoms with E-state index in [9.17, 15) is 9.59 Å². The van der Waals surface area contributed by atoms with Gasteiger partial charge in [0.2, 0.25) is 11.8 Å². The molecule has 1 N–H and O–H groups in total. The molecule has 0 spiro atoms. The van der Waals surface area contributed by atoms with E-state index in [2.05, 4.69) is 5.32 Å². The molecule has 156 valence electrons. The average molecular weight is 397 g/mol. The molecule has 0 unspecified atom stereocenters. The summed E-state index contributed by atoms with van der Waals surface area (Å²) in [6, 6.07) is 7.42. The predicted molar refractivity (Wildman–Crippen MR) is 110 cm³/mol. The molecule has 2 amide bonds. The zero-order valence-corrected chi connectivity index (χ0v) is 17.4. The van der Waals surface area contributed by atoms with Crippen molar-refractivity contribution in [3.8, 4) is 5.75 Å². The number of para-hydroxylation sites is 1. The molecule has 4 saturated carbocycles. The summed E-state index contributed by atoms with van der Waals surface area (Å²) in [7, 11) is 1.64. The maximum absolute atomic E-state index is 13.7. The van der Waals surface area contributed by atoms with E-state index in [1.807, 2.05) is 29.2 Å². The lowest BCUT2D eigenvalue weighted by molar-refractivity contribution is -0.160. The third kappa shape index (κ3) is 3.32. The molecule has 0 aromatic heterocycles. The highest BCUT2D eigenvalue weighted by Gasteiger charge is 2.56. The molecule has 29 heavy (non-hydrogen) atoms. The summed E-state index contributed by atoms with van der Waals surface area (Å²) in [5.74, 6) is 3.26. The van der Waals surface area contributed by atoms with E-state index in [0.717, 1.165) is 67.7 Å². The van der Waals surface area contributed by atoms with Crippen LogP contribution in [0.2, 0.25) is 0 Å². The Morgan fingerprint density at radius 1 is 1.10 bits per heavy atom. The third-order valence-electron chi connectivity index (χ3n) is 7.95. The molecule has 0 radical (unpaired) electrons. The summed E-state index contributed by atoms with van der Waals surface area (Å²) in [5.41, 5.74) is 0.792. The number of amides is 2. The van der Waals surface area contributed by atoms with Gasteiger partial charge in [-0.05, 0) is 75.2 Å². The van der Waals surface area contributed by atoms with Gasteiger partial charge in [0, 0.05) is 18.7 Å². The standard InChI is InChI=1S/C24H32N2O3/c1-29-21-7-3-2-5-19(21)15-25-22(27)20-6-4-8-26(20)23(28)24-12-16-9-17(13-24)11-18(10-16)14-24/h2-3,5,7,16-18,20H,4,6,8-15H2,1H3,(H,25,27)/t16?,17?,18?,20-,24?/m1/s1. The van der Waals surface area contributed by atoms with Gasteiger partial charge >= 0.3 is 0 Å². The largest absolute Gasteiger partial charge is 0.496 e. The van der Waals surface area contributed by atoms with Gasteiger partial charge in [-0.1, -0.05) is 18.2 Å². The Hall–Kier alpha value is -2.04. The maximum atomic E-state index is 13.7. The van der Waals surface area contributed by atoms with Crippen LogP contribution in [0.4, 0.5) is 0 Å². The highest BCUT2D eigenvalue weighted by atomic mass is 16.5. The number of rotatable bonds is 5. The lowest BCUT2D eigenvalue weighted by atomic mass is 9.49. The minimum atomic E-state index is -0.315. The minimum absolute atomic E-state index is 0.0218. The molecule has 5 fully saturated rings. The van der Waals surface area contributed by atoms with Gasteiger partial charge in [-0.25, -0.2) is 0 Å². The van der Waals surface area contributed by atoms with Crippen molar-refractivity contribution in [2.75, 3.05) is 13.7 Å². The number of carbonyl (C=O) groups excluding carboxylic acids is 2. The first-order chi connectivity index (χ1) is 14.1. The maximum Gasteiger partial charge on any atom is 0.243 e. The molecular formula is C24H32N2O3. The molecule has 1 atom stereocenters. The van der Waals surface area contributed by atoms with Crippen LogP contribution in [0.1, 0.15) is 56.9 Å². The highest BCUT2D eigenvalue weighted by Crippen LogP contribution is 2.60. The first-order valence-electron chi connectivity index (χ1n) is 11.3. The van der Waals surface area contributed by atoms with E-state index in [0.29, 0.717) is 6.54 Å². The topological polar surface area (TPSA) is 58.6 Å². The monoisotopic (exact) mass is 396 g/mol. The smallest absolute Gasteiger partial charge is 0.243 e. The molecule has 1 saturated heterocycles. The second-order valence-corrected chi connectivity index (χ2v) is 9.88. The lowest BCUT2D eigenvalue weighted by Crippen LogP contribution is -2.57. The second-order valence-electron chi connectivity index (χ2n) is 9.88. The number of nitrogens with one attached hydrogen (secondary N) is 1. The quantitative estimate of drug-likeness (QED) is 0.828. The zero-order valence-electron chi connectivity index (χ0n) is 17.4. The predicted octanol–water partition coefficient (Wildman–Crippen LogP) is 3.52. The summed E-state index contributed by atoms with van der Waals surface area (Å²) in [5, 5.41) is 3.06. The van der Waals surface area contributed by atoms with Gasteiger partial charge < -0.3 is 15.0 Å². The number of nitrogens with zero attached hydrogens (tertiary/aromatic N) is 1. The number of ether oxygens (including phenoxy) is 1. The van der Waals surface area contributed by atoms with Crippen molar-refractivity contribution in [2.24, 2.45) is 23.2 Å². The number of carbonyl (C=O) groups is 2. The Morgan fingerprint density at radius 2 is 1.76 bits per heavy atom. The number of hydrogen-bond acceptors (Lipinski definition) is 3. The Bertz CT molecular complexity index is 770. The van der Waals surface area contributed by atoms with Crippen molar-refractivity contribution in [3.05, 3.63) is 29.8 Å². The van der Waals surface area contributed by atoms with E-state index in [4.69, 9.17) is 4.74 Å². The van der Waals surface area contributed by atoms with Crippen molar-refractivity contribution < 1.29 is 14.3 Å². The van der Waals surface area contributed by atoms with Crippen molar-refractivity contribution >= 4 is 11.8 Å². The van der Waals surface area contributed by atoms with Crippen LogP contribution >= 0.6 is 0 Å². The van der Waals surface area contributed by atoms with Crippen molar-refractivity contribution in [3.63, 3.8) is 0 Å². The van der Waals surface area contributed by atoms with Gasteiger partial charge in [-0.3, -0.25) is 9.59 Å². The SMILES string of the molecule is COc1ccccc1CNC(=O)[C@H]1CCCN1C(=O)C12CC3CC(CC(C3)C1)C2. The van der Waals surface area contributed by atoms with Crippen molar-refractivity contribution in [1.29, 1.82) is 0 Å². The fourth-order valence-electron chi connectivity index (χ4n) is 7.11. The van der Waals surface area contributed by atoms with Crippen molar-refractivity contribution in [2.45, 2.75) is 64.0 Å². The number of methoxy groups -OCH3 is 1. The molecule has 1 aliphatic heterocycles. The normalized spacial score (nSPS) is 35.0. The Balaban J connectivity index is 1.27. The van der Waals surface area contributed by atoms with Crippen LogP contribution in [0, 0.1) is 23.2 Å². The van der Waals surface area contributed by atoms with Gasteiger partial charge in [0.25, 0.3) is 0 Å². The summed E-state index contributed by atoms with van der Waals surface area (Å²) < 4.78 is 5.38.